The Morgan fingerprint density at radius 2 is 1.67 bits per heavy atom. The Morgan fingerprint density at radius 3 is 2.39 bits per heavy atom. The zero-order valence-corrected chi connectivity index (χ0v) is 19.8. The van der Waals surface area contributed by atoms with E-state index in [4.69, 9.17) is 10.1 Å². The van der Waals surface area contributed by atoms with Crippen LogP contribution in [-0.2, 0) is 6.54 Å². The molecule has 2 fully saturated rings. The van der Waals surface area contributed by atoms with Gasteiger partial charge >= 0.3 is 0 Å². The lowest BCUT2D eigenvalue weighted by molar-refractivity contribution is 0.102. The number of rotatable bonds is 7. The highest BCUT2D eigenvalue weighted by Gasteiger charge is 2.34. The van der Waals surface area contributed by atoms with Crippen molar-refractivity contribution in [1.29, 1.82) is 0 Å². The van der Waals surface area contributed by atoms with Crippen molar-refractivity contribution in [1.82, 2.24) is 24.5 Å². The topological polar surface area (TPSA) is 77.6 Å². The van der Waals surface area contributed by atoms with Gasteiger partial charge in [0.05, 0.1) is 40.8 Å². The van der Waals surface area contributed by atoms with Crippen LogP contribution in [0.2, 0.25) is 0 Å². The minimum Gasteiger partial charge on any atom is -0.319 e. The molecule has 7 rings (SSSR count). The third-order valence-electron chi connectivity index (χ3n) is 6.97. The standard InChI is InChI=1S/C29H26N6O/c36-29(31-22-16-30-34(18-22)17-19-7-3-1-4-8-19)24-15-25(20-11-12-20)32-28-26(24)27(21-13-14-21)33-35(28)23-9-5-2-6-10-23/h1-10,15-16,18,20-21H,11-14,17H2,(H,31,36). The molecule has 2 saturated carbocycles. The first-order chi connectivity index (χ1) is 17.7. The van der Waals surface area contributed by atoms with Crippen LogP contribution in [0.1, 0.15) is 64.8 Å². The molecule has 5 aromatic rings. The number of fused-ring (bicyclic) bond motifs is 1. The summed E-state index contributed by atoms with van der Waals surface area (Å²) in [6.07, 6.45) is 8.00. The van der Waals surface area contributed by atoms with Crippen LogP contribution in [0.3, 0.4) is 0 Å². The zero-order valence-electron chi connectivity index (χ0n) is 19.8. The average molecular weight is 475 g/mol. The molecule has 3 aromatic heterocycles. The number of carbonyl (C=O) groups is 1. The highest BCUT2D eigenvalue weighted by molar-refractivity contribution is 6.13. The lowest BCUT2D eigenvalue weighted by atomic mass is 10.0. The van der Waals surface area contributed by atoms with Crippen molar-refractivity contribution in [3.63, 3.8) is 0 Å². The molecule has 1 N–H and O–H groups in total. The third kappa shape index (κ3) is 3.96. The fourth-order valence-corrected chi connectivity index (χ4v) is 4.80. The molecule has 0 saturated heterocycles. The number of hydrogen-bond acceptors (Lipinski definition) is 4. The van der Waals surface area contributed by atoms with E-state index in [0.29, 0.717) is 29.6 Å². The van der Waals surface area contributed by atoms with Gasteiger partial charge < -0.3 is 5.32 Å². The molecule has 3 heterocycles. The van der Waals surface area contributed by atoms with Gasteiger partial charge in [-0.25, -0.2) is 9.67 Å². The maximum absolute atomic E-state index is 13.7. The van der Waals surface area contributed by atoms with Crippen molar-refractivity contribution in [3.05, 3.63) is 102 Å². The molecule has 0 unspecified atom stereocenters. The number of hydrogen-bond donors (Lipinski definition) is 1. The molecular weight excluding hydrogens is 448 g/mol. The maximum Gasteiger partial charge on any atom is 0.256 e. The minimum atomic E-state index is -0.141. The van der Waals surface area contributed by atoms with E-state index in [0.717, 1.165) is 59.4 Å². The minimum absolute atomic E-state index is 0.141. The fraction of sp³-hybridized carbons (Fsp3) is 0.241. The second-order valence-corrected chi connectivity index (χ2v) is 9.84. The number of benzene rings is 2. The van der Waals surface area contributed by atoms with Crippen molar-refractivity contribution in [3.8, 4) is 5.69 Å². The highest BCUT2D eigenvalue weighted by atomic mass is 16.1. The number of aromatic nitrogens is 5. The Morgan fingerprint density at radius 1 is 0.944 bits per heavy atom. The lowest BCUT2D eigenvalue weighted by Crippen LogP contribution is -2.13. The summed E-state index contributed by atoms with van der Waals surface area (Å²) in [7, 11) is 0. The fourth-order valence-electron chi connectivity index (χ4n) is 4.80. The van der Waals surface area contributed by atoms with Crippen LogP contribution in [0, 0.1) is 0 Å². The molecule has 7 nitrogen and oxygen atoms in total. The van der Waals surface area contributed by atoms with E-state index in [2.05, 4.69) is 22.5 Å². The van der Waals surface area contributed by atoms with E-state index in [1.165, 1.54) is 0 Å². The second kappa shape index (κ2) is 8.45. The number of amides is 1. The van der Waals surface area contributed by atoms with Gasteiger partial charge in [-0.1, -0.05) is 48.5 Å². The van der Waals surface area contributed by atoms with E-state index in [9.17, 15) is 4.79 Å². The van der Waals surface area contributed by atoms with Crippen LogP contribution in [0.25, 0.3) is 16.7 Å². The van der Waals surface area contributed by atoms with Crippen molar-refractivity contribution < 1.29 is 4.79 Å². The van der Waals surface area contributed by atoms with Crippen LogP contribution < -0.4 is 5.32 Å². The molecule has 0 atom stereocenters. The van der Waals surface area contributed by atoms with E-state index in [-0.39, 0.29) is 5.91 Å². The van der Waals surface area contributed by atoms with Gasteiger partial charge in [0.2, 0.25) is 0 Å². The molecular formula is C29H26N6O. The summed E-state index contributed by atoms with van der Waals surface area (Å²) in [5, 5.41) is 13.4. The molecule has 2 aromatic carbocycles. The molecule has 0 spiro atoms. The average Bonchev–Trinajstić information content (AvgIpc) is 3.85. The number of nitrogens with one attached hydrogen (secondary N) is 1. The smallest absolute Gasteiger partial charge is 0.256 e. The Kier molecular flexibility index (Phi) is 4.94. The first-order valence-corrected chi connectivity index (χ1v) is 12.6. The summed E-state index contributed by atoms with van der Waals surface area (Å²) < 4.78 is 3.76. The maximum atomic E-state index is 13.7. The summed E-state index contributed by atoms with van der Waals surface area (Å²) in [4.78, 5) is 18.8. The molecule has 1 amide bonds. The van der Waals surface area contributed by atoms with Gasteiger partial charge in [-0.05, 0) is 49.4 Å². The molecule has 2 aliphatic rings. The number of pyridine rings is 1. The van der Waals surface area contributed by atoms with E-state index in [1.807, 2.05) is 70.2 Å². The zero-order chi connectivity index (χ0) is 24.1. The second-order valence-electron chi connectivity index (χ2n) is 9.84. The predicted molar refractivity (Wildman–Crippen MR) is 139 cm³/mol. The molecule has 2 aliphatic carbocycles. The summed E-state index contributed by atoms with van der Waals surface area (Å²) in [5.74, 6) is 0.655. The van der Waals surface area contributed by atoms with E-state index < -0.39 is 0 Å². The number of para-hydroxylation sites is 1. The monoisotopic (exact) mass is 474 g/mol. The quantitative estimate of drug-likeness (QED) is 0.330. The van der Waals surface area contributed by atoms with Gasteiger partial charge in [0.1, 0.15) is 0 Å². The Balaban J connectivity index is 1.28. The largest absolute Gasteiger partial charge is 0.319 e. The summed E-state index contributed by atoms with van der Waals surface area (Å²) in [6.45, 7) is 0.651. The highest BCUT2D eigenvalue weighted by Crippen LogP contribution is 2.45. The summed E-state index contributed by atoms with van der Waals surface area (Å²) in [5.41, 5.74) is 6.19. The van der Waals surface area contributed by atoms with Crippen molar-refractivity contribution in [2.75, 3.05) is 5.32 Å². The van der Waals surface area contributed by atoms with Crippen molar-refractivity contribution in [2.24, 2.45) is 0 Å². The first-order valence-electron chi connectivity index (χ1n) is 12.6. The first kappa shape index (κ1) is 21.1. The van der Waals surface area contributed by atoms with Crippen LogP contribution in [-0.4, -0.2) is 30.5 Å². The number of nitrogens with zero attached hydrogens (tertiary/aromatic N) is 5. The molecule has 0 bridgehead atoms. The Bertz CT molecular complexity index is 1560. The van der Waals surface area contributed by atoms with Gasteiger partial charge in [0.25, 0.3) is 5.91 Å². The van der Waals surface area contributed by atoms with Gasteiger partial charge in [-0.15, -0.1) is 0 Å². The van der Waals surface area contributed by atoms with E-state index >= 15 is 0 Å². The van der Waals surface area contributed by atoms with Crippen LogP contribution in [0.4, 0.5) is 5.69 Å². The molecule has 178 valence electrons. The third-order valence-corrected chi connectivity index (χ3v) is 6.97. The van der Waals surface area contributed by atoms with Crippen LogP contribution >= 0.6 is 0 Å². The van der Waals surface area contributed by atoms with Gasteiger partial charge in [-0.3, -0.25) is 9.48 Å². The summed E-state index contributed by atoms with van der Waals surface area (Å²) in [6, 6.07) is 22.2. The van der Waals surface area contributed by atoms with E-state index in [1.54, 1.807) is 6.20 Å². The van der Waals surface area contributed by atoms with Gasteiger partial charge in [0, 0.05) is 23.7 Å². The molecule has 0 radical (unpaired) electrons. The molecule has 36 heavy (non-hydrogen) atoms. The van der Waals surface area contributed by atoms with Crippen LogP contribution in [0.5, 0.6) is 0 Å². The normalized spacial score (nSPS) is 15.3. The Hall–Kier alpha value is -4.26. The lowest BCUT2D eigenvalue weighted by Gasteiger charge is -2.09. The van der Waals surface area contributed by atoms with Crippen molar-refractivity contribution >= 4 is 22.6 Å². The predicted octanol–water partition coefficient (Wildman–Crippen LogP) is 5.67. The number of carbonyl (C=O) groups excluding carboxylic acids is 1. The SMILES string of the molecule is O=C(Nc1cnn(Cc2ccccc2)c1)c1cc(C2CC2)nc2c1c(C1CC1)nn2-c1ccccc1. The van der Waals surface area contributed by atoms with Gasteiger partial charge in [0.15, 0.2) is 5.65 Å². The number of anilines is 1. The van der Waals surface area contributed by atoms with Crippen molar-refractivity contribution in [2.45, 2.75) is 44.1 Å². The Labute approximate surface area is 208 Å². The molecule has 0 aliphatic heterocycles. The van der Waals surface area contributed by atoms with Gasteiger partial charge in [-0.2, -0.15) is 10.2 Å². The summed E-state index contributed by atoms with van der Waals surface area (Å²) >= 11 is 0. The van der Waals surface area contributed by atoms with Crippen LogP contribution in [0.15, 0.2) is 79.1 Å². The molecule has 7 heteroatoms.